The number of ether oxygens (including phenoxy) is 1. The molecule has 8 heteroatoms. The first-order valence-electron chi connectivity index (χ1n) is 10.8. The molecule has 3 amide bonds. The number of allylic oxidation sites excluding steroid dienone is 2. The van der Waals surface area contributed by atoms with Crippen molar-refractivity contribution in [2.24, 2.45) is 17.8 Å². The van der Waals surface area contributed by atoms with Crippen LogP contribution in [0.2, 0.25) is 0 Å². The molecule has 0 spiro atoms. The molecule has 0 bridgehead atoms. The second kappa shape index (κ2) is 8.59. The van der Waals surface area contributed by atoms with Crippen LogP contribution in [-0.4, -0.2) is 30.2 Å². The van der Waals surface area contributed by atoms with E-state index < -0.39 is 11.9 Å². The first-order chi connectivity index (χ1) is 15.9. The second-order valence-corrected chi connectivity index (χ2v) is 9.38. The van der Waals surface area contributed by atoms with Crippen LogP contribution in [0.15, 0.2) is 65.2 Å². The molecule has 168 valence electrons. The molecule has 2 fully saturated rings. The summed E-state index contributed by atoms with van der Waals surface area (Å²) in [5, 5.41) is 0. The van der Waals surface area contributed by atoms with Crippen molar-refractivity contribution < 1.29 is 23.9 Å². The number of rotatable bonds is 4. The molecule has 2 saturated heterocycles. The third kappa shape index (κ3) is 3.99. The molecular weight excluding hydrogens is 488 g/mol. The summed E-state index contributed by atoms with van der Waals surface area (Å²) in [6.07, 6.45) is 5.15. The number of carbonyl (C=O) groups excluding carboxylic acids is 4. The molecule has 0 aromatic heterocycles. The summed E-state index contributed by atoms with van der Waals surface area (Å²) in [5.74, 6) is -1.84. The highest BCUT2D eigenvalue weighted by atomic mass is 79.9. The fourth-order valence-electron chi connectivity index (χ4n) is 4.65. The number of nitrogens with zero attached hydrogens (tertiary/aromatic N) is 2. The van der Waals surface area contributed by atoms with Crippen molar-refractivity contribution in [2.45, 2.75) is 19.3 Å². The van der Waals surface area contributed by atoms with E-state index in [1.807, 2.05) is 36.4 Å². The molecule has 0 N–H and O–H groups in total. The number of anilines is 2. The van der Waals surface area contributed by atoms with Crippen molar-refractivity contribution in [2.75, 3.05) is 16.3 Å². The van der Waals surface area contributed by atoms with E-state index in [1.165, 1.54) is 4.90 Å². The molecule has 3 aliphatic rings. The van der Waals surface area contributed by atoms with Crippen LogP contribution in [0.3, 0.4) is 0 Å². The van der Waals surface area contributed by atoms with Gasteiger partial charge in [-0.15, -0.1) is 0 Å². The van der Waals surface area contributed by atoms with E-state index in [-0.39, 0.29) is 42.5 Å². The van der Waals surface area contributed by atoms with Crippen LogP contribution < -0.4 is 14.5 Å². The third-order valence-corrected chi connectivity index (χ3v) is 6.95. The monoisotopic (exact) mass is 508 g/mol. The third-order valence-electron chi connectivity index (χ3n) is 6.42. The van der Waals surface area contributed by atoms with Gasteiger partial charge in [0.05, 0.1) is 23.4 Å². The summed E-state index contributed by atoms with van der Waals surface area (Å²) in [6.45, 7) is 0.255. The van der Waals surface area contributed by atoms with Crippen LogP contribution in [0.4, 0.5) is 11.4 Å². The van der Waals surface area contributed by atoms with Gasteiger partial charge in [0.1, 0.15) is 5.75 Å². The number of hydrogen-bond donors (Lipinski definition) is 0. The zero-order valence-electron chi connectivity index (χ0n) is 17.6. The van der Waals surface area contributed by atoms with Crippen LogP contribution >= 0.6 is 15.9 Å². The zero-order valence-corrected chi connectivity index (χ0v) is 19.2. The van der Waals surface area contributed by atoms with Gasteiger partial charge in [0.25, 0.3) is 0 Å². The van der Waals surface area contributed by atoms with E-state index in [0.29, 0.717) is 24.3 Å². The van der Waals surface area contributed by atoms with E-state index in [1.54, 1.807) is 29.2 Å². The van der Waals surface area contributed by atoms with Gasteiger partial charge in [-0.25, -0.2) is 0 Å². The van der Waals surface area contributed by atoms with Gasteiger partial charge in [-0.1, -0.05) is 28.1 Å². The molecule has 1 aliphatic carbocycles. The standard InChI is InChI=1S/C25H21BrN2O5/c26-16-5-7-17(8-6-16)27-14-15(13-22(27)29)25(32)33-19-11-9-18(10-12-19)28-23(30)20-3-1-2-4-21(20)24(28)31/h1-2,5-12,15,20-21H,3-4,13-14H2/t15-,20-,21+/m0/s1. The van der Waals surface area contributed by atoms with E-state index in [4.69, 9.17) is 4.74 Å². The number of halogens is 1. The largest absolute Gasteiger partial charge is 0.426 e. The average molecular weight is 509 g/mol. The van der Waals surface area contributed by atoms with E-state index in [0.717, 1.165) is 10.2 Å². The molecule has 2 aromatic carbocycles. The molecule has 5 rings (SSSR count). The topological polar surface area (TPSA) is 84.0 Å². The smallest absolute Gasteiger partial charge is 0.316 e. The molecule has 2 aromatic rings. The van der Waals surface area contributed by atoms with Crippen molar-refractivity contribution in [3.63, 3.8) is 0 Å². The Kier molecular flexibility index (Phi) is 5.62. The normalized spacial score (nSPS) is 24.4. The molecule has 0 unspecified atom stereocenters. The number of esters is 1. The maximum absolute atomic E-state index is 12.7. The van der Waals surface area contributed by atoms with E-state index in [9.17, 15) is 19.2 Å². The van der Waals surface area contributed by atoms with Gasteiger partial charge in [0, 0.05) is 23.1 Å². The van der Waals surface area contributed by atoms with Crippen LogP contribution in [0.5, 0.6) is 5.75 Å². The molecule has 2 heterocycles. The minimum atomic E-state index is -0.571. The number of fused-ring (bicyclic) bond motifs is 1. The second-order valence-electron chi connectivity index (χ2n) is 8.46. The van der Waals surface area contributed by atoms with E-state index in [2.05, 4.69) is 15.9 Å². The lowest BCUT2D eigenvalue weighted by Crippen LogP contribution is -2.30. The molecule has 3 atom stereocenters. The summed E-state index contributed by atoms with van der Waals surface area (Å²) in [6, 6.07) is 13.7. The lowest BCUT2D eigenvalue weighted by molar-refractivity contribution is -0.139. The minimum absolute atomic E-state index is 0.0839. The van der Waals surface area contributed by atoms with Gasteiger partial charge in [0.2, 0.25) is 17.7 Å². The quantitative estimate of drug-likeness (QED) is 0.271. The number of carbonyl (C=O) groups is 4. The van der Waals surface area contributed by atoms with Crippen molar-refractivity contribution >= 4 is 51.0 Å². The van der Waals surface area contributed by atoms with Gasteiger partial charge in [0.15, 0.2) is 0 Å². The molecule has 2 aliphatic heterocycles. The van der Waals surface area contributed by atoms with Gasteiger partial charge in [-0.05, 0) is 61.4 Å². The first kappa shape index (κ1) is 21.6. The summed E-state index contributed by atoms with van der Waals surface area (Å²) in [7, 11) is 0. The first-order valence-corrected chi connectivity index (χ1v) is 11.6. The molecular formula is C25H21BrN2O5. The van der Waals surface area contributed by atoms with Crippen LogP contribution in [0.1, 0.15) is 19.3 Å². The summed E-state index contributed by atoms with van der Waals surface area (Å²) in [5.41, 5.74) is 1.20. The van der Waals surface area contributed by atoms with E-state index >= 15 is 0 Å². The Balaban J connectivity index is 1.24. The fourth-order valence-corrected chi connectivity index (χ4v) is 4.92. The fraction of sp³-hybridized carbons (Fsp3) is 0.280. The summed E-state index contributed by atoms with van der Waals surface area (Å²) in [4.78, 5) is 53.4. The Morgan fingerprint density at radius 2 is 1.42 bits per heavy atom. The average Bonchev–Trinajstić information content (AvgIpc) is 3.33. The Hall–Kier alpha value is -3.26. The summed E-state index contributed by atoms with van der Waals surface area (Å²) < 4.78 is 6.40. The zero-order chi connectivity index (χ0) is 23.1. The van der Waals surface area contributed by atoms with Crippen LogP contribution in [-0.2, 0) is 19.2 Å². The maximum atomic E-state index is 12.7. The molecule has 0 saturated carbocycles. The van der Waals surface area contributed by atoms with Crippen molar-refractivity contribution in [1.29, 1.82) is 0 Å². The van der Waals surface area contributed by atoms with Crippen molar-refractivity contribution in [3.05, 3.63) is 65.2 Å². The highest BCUT2D eigenvalue weighted by Crippen LogP contribution is 2.38. The Labute approximate surface area is 199 Å². The predicted octanol–water partition coefficient (Wildman–Crippen LogP) is 3.86. The Bertz CT molecular complexity index is 1130. The molecule has 0 radical (unpaired) electrons. The molecule has 7 nitrogen and oxygen atoms in total. The predicted molar refractivity (Wildman–Crippen MR) is 125 cm³/mol. The minimum Gasteiger partial charge on any atom is -0.426 e. The van der Waals surface area contributed by atoms with Crippen LogP contribution in [0.25, 0.3) is 0 Å². The molecule has 33 heavy (non-hydrogen) atoms. The Morgan fingerprint density at radius 1 is 0.848 bits per heavy atom. The van der Waals surface area contributed by atoms with Crippen molar-refractivity contribution in [3.8, 4) is 5.75 Å². The highest BCUT2D eigenvalue weighted by Gasteiger charge is 2.47. The van der Waals surface area contributed by atoms with Crippen LogP contribution in [0, 0.1) is 17.8 Å². The summed E-state index contributed by atoms with van der Waals surface area (Å²) >= 11 is 3.37. The lowest BCUT2D eigenvalue weighted by Gasteiger charge is -2.17. The highest BCUT2D eigenvalue weighted by molar-refractivity contribution is 9.10. The number of imide groups is 1. The van der Waals surface area contributed by atoms with Gasteiger partial charge < -0.3 is 9.64 Å². The SMILES string of the molecule is O=C(Oc1ccc(N2C(=O)[C@H]3CC=CC[C@H]3C2=O)cc1)[C@H]1CC(=O)N(c2ccc(Br)cc2)C1. The number of hydrogen-bond acceptors (Lipinski definition) is 5. The Morgan fingerprint density at radius 3 is 2.03 bits per heavy atom. The lowest BCUT2D eigenvalue weighted by atomic mass is 9.85. The number of amides is 3. The maximum Gasteiger partial charge on any atom is 0.316 e. The van der Waals surface area contributed by atoms with Gasteiger partial charge in [-0.2, -0.15) is 0 Å². The number of benzene rings is 2. The van der Waals surface area contributed by atoms with Gasteiger partial charge >= 0.3 is 5.97 Å². The van der Waals surface area contributed by atoms with Gasteiger partial charge in [-0.3, -0.25) is 24.1 Å². The van der Waals surface area contributed by atoms with Crippen molar-refractivity contribution in [1.82, 2.24) is 0 Å².